The van der Waals surface area contributed by atoms with Crippen LogP contribution >= 0.6 is 26.6 Å². The Labute approximate surface area is 136 Å². The molecule has 0 spiro atoms. The van der Waals surface area contributed by atoms with Gasteiger partial charge in [0, 0.05) is 15.2 Å². The highest BCUT2D eigenvalue weighted by Gasteiger charge is 2.23. The number of ether oxygens (including phenoxy) is 1. The van der Waals surface area contributed by atoms with E-state index in [-0.39, 0.29) is 17.2 Å². The molecule has 1 N–H and O–H groups in total. The molecule has 1 rings (SSSR count). The van der Waals surface area contributed by atoms with Gasteiger partial charge >= 0.3 is 0 Å². The maximum Gasteiger partial charge on any atom is 0.265 e. The van der Waals surface area contributed by atoms with Crippen molar-refractivity contribution >= 4 is 41.6 Å². The van der Waals surface area contributed by atoms with Crippen molar-refractivity contribution in [3.8, 4) is 18.1 Å². The number of terminal acetylenes is 1. The van der Waals surface area contributed by atoms with Gasteiger partial charge < -0.3 is 10.1 Å². The van der Waals surface area contributed by atoms with Crippen LogP contribution in [-0.4, -0.2) is 27.0 Å². The second-order valence-electron chi connectivity index (χ2n) is 4.17. The molecular formula is C13H13BrClNO4S. The van der Waals surface area contributed by atoms with Gasteiger partial charge in [-0.2, -0.15) is 0 Å². The topological polar surface area (TPSA) is 72.5 Å². The lowest BCUT2D eigenvalue weighted by molar-refractivity contribution is -0.127. The summed E-state index contributed by atoms with van der Waals surface area (Å²) in [5.41, 5.74) is 0.528. The lowest BCUT2D eigenvalue weighted by Gasteiger charge is -2.18. The highest BCUT2D eigenvalue weighted by atomic mass is 79.9. The minimum atomic E-state index is -4.01. The van der Waals surface area contributed by atoms with E-state index in [1.165, 1.54) is 13.0 Å². The van der Waals surface area contributed by atoms with Crippen molar-refractivity contribution in [3.05, 3.63) is 22.2 Å². The second kappa shape index (κ2) is 7.16. The van der Waals surface area contributed by atoms with Crippen LogP contribution in [0.5, 0.6) is 5.75 Å². The number of carbonyl (C=O) groups is 1. The molecule has 0 fully saturated rings. The summed E-state index contributed by atoms with van der Waals surface area (Å²) in [6.07, 6.45) is 4.12. The van der Waals surface area contributed by atoms with Crippen molar-refractivity contribution in [2.45, 2.75) is 24.8 Å². The molecule has 114 valence electrons. The summed E-state index contributed by atoms with van der Waals surface area (Å²) in [4.78, 5) is 11.5. The molecule has 1 atom stereocenters. The normalized spacial score (nSPS) is 12.3. The summed E-state index contributed by atoms with van der Waals surface area (Å²) in [7, 11) is 1.39. The minimum Gasteiger partial charge on any atom is -0.479 e. The number of amides is 1. The van der Waals surface area contributed by atoms with Gasteiger partial charge in [-0.1, -0.05) is 21.9 Å². The Kier molecular flexibility index (Phi) is 6.08. The Bertz CT molecular complexity index is 697. The van der Waals surface area contributed by atoms with Crippen LogP contribution in [-0.2, 0) is 13.8 Å². The highest BCUT2D eigenvalue weighted by molar-refractivity contribution is 9.10. The van der Waals surface area contributed by atoms with Gasteiger partial charge in [-0.3, -0.25) is 4.79 Å². The van der Waals surface area contributed by atoms with E-state index in [0.717, 1.165) is 0 Å². The van der Waals surface area contributed by atoms with Gasteiger partial charge in [0.05, 0.1) is 6.54 Å². The number of benzene rings is 1. The van der Waals surface area contributed by atoms with E-state index in [2.05, 4.69) is 27.2 Å². The van der Waals surface area contributed by atoms with Gasteiger partial charge in [0.15, 0.2) is 6.10 Å². The molecular weight excluding hydrogens is 382 g/mol. The van der Waals surface area contributed by atoms with Crippen molar-refractivity contribution in [1.29, 1.82) is 0 Å². The predicted octanol–water partition coefficient (Wildman–Crippen LogP) is 2.20. The maximum absolute atomic E-state index is 11.7. The van der Waals surface area contributed by atoms with Crippen molar-refractivity contribution in [2.24, 2.45) is 0 Å². The van der Waals surface area contributed by atoms with Crippen LogP contribution in [0.15, 0.2) is 21.5 Å². The number of aryl methyl sites for hydroxylation is 1. The first-order valence-electron chi connectivity index (χ1n) is 5.79. The summed E-state index contributed by atoms with van der Waals surface area (Å²) in [6, 6.07) is 2.98. The quantitative estimate of drug-likeness (QED) is 0.614. The molecule has 0 aliphatic rings. The Balaban J connectivity index is 3.14. The zero-order valence-electron chi connectivity index (χ0n) is 11.3. The summed E-state index contributed by atoms with van der Waals surface area (Å²) < 4.78 is 29.2. The standard InChI is InChI=1S/C13H13BrClNO4S/c1-4-5-16-13(17)9(3)20-12-8(2)6-10(14)7-11(12)21(15,18)19/h1,6-7,9H,5H2,2-3H3,(H,16,17). The molecule has 1 aromatic carbocycles. The zero-order chi connectivity index (χ0) is 16.2. The maximum atomic E-state index is 11.7. The first-order chi connectivity index (χ1) is 9.66. The molecule has 0 aromatic heterocycles. The monoisotopic (exact) mass is 393 g/mol. The lowest BCUT2D eigenvalue weighted by Crippen LogP contribution is -2.36. The largest absolute Gasteiger partial charge is 0.479 e. The summed E-state index contributed by atoms with van der Waals surface area (Å²) in [5, 5.41) is 2.45. The molecule has 0 saturated carbocycles. The van der Waals surface area contributed by atoms with Crippen LogP contribution in [0.1, 0.15) is 12.5 Å². The van der Waals surface area contributed by atoms with Crippen LogP contribution in [0.25, 0.3) is 0 Å². The van der Waals surface area contributed by atoms with Crippen molar-refractivity contribution in [2.75, 3.05) is 6.54 Å². The average molecular weight is 395 g/mol. The lowest BCUT2D eigenvalue weighted by atomic mass is 10.2. The van der Waals surface area contributed by atoms with Gasteiger partial charge in [-0.05, 0) is 31.5 Å². The van der Waals surface area contributed by atoms with Crippen molar-refractivity contribution in [3.63, 3.8) is 0 Å². The van der Waals surface area contributed by atoms with Gasteiger partial charge in [0.1, 0.15) is 10.6 Å². The van der Waals surface area contributed by atoms with Crippen LogP contribution in [0.2, 0.25) is 0 Å². The highest BCUT2D eigenvalue weighted by Crippen LogP contribution is 2.34. The first-order valence-corrected chi connectivity index (χ1v) is 8.89. The van der Waals surface area contributed by atoms with Crippen molar-refractivity contribution in [1.82, 2.24) is 5.32 Å². The van der Waals surface area contributed by atoms with Crippen LogP contribution in [0, 0.1) is 19.3 Å². The van der Waals surface area contributed by atoms with Crippen LogP contribution < -0.4 is 10.1 Å². The Morgan fingerprint density at radius 2 is 2.19 bits per heavy atom. The zero-order valence-corrected chi connectivity index (χ0v) is 14.5. The second-order valence-corrected chi connectivity index (χ2v) is 7.62. The van der Waals surface area contributed by atoms with Gasteiger partial charge in [0.2, 0.25) is 0 Å². The van der Waals surface area contributed by atoms with Crippen LogP contribution in [0.4, 0.5) is 0 Å². The molecule has 5 nitrogen and oxygen atoms in total. The Morgan fingerprint density at radius 1 is 1.57 bits per heavy atom. The third-order valence-corrected chi connectivity index (χ3v) is 4.28. The van der Waals surface area contributed by atoms with Crippen molar-refractivity contribution < 1.29 is 17.9 Å². The smallest absolute Gasteiger partial charge is 0.265 e. The van der Waals surface area contributed by atoms with Gasteiger partial charge in [-0.15, -0.1) is 6.42 Å². The number of rotatable bonds is 5. The fourth-order valence-electron chi connectivity index (χ4n) is 1.54. The molecule has 1 amide bonds. The van der Waals surface area contributed by atoms with E-state index < -0.39 is 21.1 Å². The van der Waals surface area contributed by atoms with E-state index in [4.69, 9.17) is 21.8 Å². The molecule has 21 heavy (non-hydrogen) atoms. The Morgan fingerprint density at radius 3 is 2.71 bits per heavy atom. The van der Waals surface area contributed by atoms with E-state index in [9.17, 15) is 13.2 Å². The summed E-state index contributed by atoms with van der Waals surface area (Å²) in [5.74, 6) is 1.85. The number of carbonyl (C=O) groups excluding carboxylic acids is 1. The fourth-order valence-corrected chi connectivity index (χ4v) is 3.31. The molecule has 0 aliphatic heterocycles. The molecule has 1 unspecified atom stereocenters. The Hall–Kier alpha value is -1.23. The third kappa shape index (κ3) is 4.92. The number of nitrogens with one attached hydrogen (secondary N) is 1. The average Bonchev–Trinajstić information content (AvgIpc) is 2.37. The summed E-state index contributed by atoms with van der Waals surface area (Å²) in [6.45, 7) is 3.20. The van der Waals surface area contributed by atoms with Crippen LogP contribution in [0.3, 0.4) is 0 Å². The first kappa shape index (κ1) is 17.8. The minimum absolute atomic E-state index is 0.0385. The molecule has 8 heteroatoms. The van der Waals surface area contributed by atoms with Gasteiger partial charge in [0.25, 0.3) is 15.0 Å². The van der Waals surface area contributed by atoms with E-state index in [1.807, 2.05) is 0 Å². The third-order valence-electron chi connectivity index (χ3n) is 2.50. The predicted molar refractivity (Wildman–Crippen MR) is 83.9 cm³/mol. The molecule has 0 saturated heterocycles. The molecule has 0 radical (unpaired) electrons. The fraction of sp³-hybridized carbons (Fsp3) is 0.308. The van der Waals surface area contributed by atoms with E-state index in [0.29, 0.717) is 10.0 Å². The van der Waals surface area contributed by atoms with Gasteiger partial charge in [-0.25, -0.2) is 8.42 Å². The molecule has 0 heterocycles. The summed E-state index contributed by atoms with van der Waals surface area (Å²) >= 11 is 3.19. The van der Waals surface area contributed by atoms with E-state index >= 15 is 0 Å². The molecule has 0 bridgehead atoms. The van der Waals surface area contributed by atoms with E-state index in [1.54, 1.807) is 13.0 Å². The number of halogens is 2. The molecule has 0 aliphatic carbocycles. The SMILES string of the molecule is C#CCNC(=O)C(C)Oc1c(C)cc(Br)cc1S(=O)(=O)Cl. The molecule has 1 aromatic rings. The number of hydrogen-bond donors (Lipinski definition) is 1. The number of hydrogen-bond acceptors (Lipinski definition) is 4.